The third-order valence-electron chi connectivity index (χ3n) is 3.71. The first-order valence-corrected chi connectivity index (χ1v) is 8.35. The van der Waals surface area contributed by atoms with E-state index in [-0.39, 0.29) is 0 Å². The molecule has 0 aliphatic carbocycles. The zero-order valence-corrected chi connectivity index (χ0v) is 13.7. The lowest BCUT2D eigenvalue weighted by Crippen LogP contribution is -2.00. The number of aromatic amines is 1. The fourth-order valence-electron chi connectivity index (χ4n) is 2.57. The second-order valence-corrected chi connectivity index (χ2v) is 6.25. The minimum Gasteiger partial charge on any atom is -0.384 e. The first-order chi connectivity index (χ1) is 12.3. The molecule has 8 nitrogen and oxygen atoms in total. The van der Waals surface area contributed by atoms with Crippen molar-refractivity contribution in [3.8, 4) is 11.8 Å². The summed E-state index contributed by atoms with van der Waals surface area (Å²) in [6, 6.07) is 9.66. The monoisotopic (exact) mass is 348 g/mol. The van der Waals surface area contributed by atoms with E-state index in [1.54, 1.807) is 18.6 Å². The minimum atomic E-state index is 0.393. The van der Waals surface area contributed by atoms with Gasteiger partial charge in [-0.3, -0.25) is 0 Å². The Hall–Kier alpha value is -3.38. The van der Waals surface area contributed by atoms with E-state index in [9.17, 15) is 5.26 Å². The quantitative estimate of drug-likeness (QED) is 0.542. The molecular weight excluding hydrogens is 336 g/mol. The number of nitriles is 1. The zero-order chi connectivity index (χ0) is 17.2. The molecule has 3 aromatic heterocycles. The lowest BCUT2D eigenvalue weighted by atomic mass is 10.1. The van der Waals surface area contributed by atoms with Crippen molar-refractivity contribution >= 4 is 28.7 Å². The van der Waals surface area contributed by atoms with Crippen LogP contribution in [0.1, 0.15) is 11.1 Å². The van der Waals surface area contributed by atoms with Crippen LogP contribution < -0.4 is 5.73 Å². The molecule has 0 aliphatic heterocycles. The van der Waals surface area contributed by atoms with Crippen LogP contribution in [0.4, 0.5) is 5.82 Å². The van der Waals surface area contributed by atoms with Crippen LogP contribution in [-0.2, 0) is 5.75 Å². The molecule has 3 heterocycles. The molecule has 0 bridgehead atoms. The maximum Gasteiger partial charge on any atom is 0.179 e. The van der Waals surface area contributed by atoms with E-state index >= 15 is 0 Å². The Morgan fingerprint density at radius 3 is 3.08 bits per heavy atom. The summed E-state index contributed by atoms with van der Waals surface area (Å²) in [5.41, 5.74) is 9.52. The second kappa shape index (κ2) is 6.26. The number of rotatable bonds is 4. The topological polar surface area (TPSA) is 122 Å². The van der Waals surface area contributed by atoms with Gasteiger partial charge in [-0.15, -0.1) is 16.9 Å². The number of fused-ring (bicyclic) bond motifs is 1. The van der Waals surface area contributed by atoms with Crippen molar-refractivity contribution in [2.75, 3.05) is 5.73 Å². The molecule has 9 heteroatoms. The van der Waals surface area contributed by atoms with E-state index in [1.165, 1.54) is 11.8 Å². The number of imidazole rings is 1. The molecule has 4 aromatic rings. The molecule has 0 amide bonds. The van der Waals surface area contributed by atoms with Crippen LogP contribution in [0.15, 0.2) is 47.9 Å². The highest BCUT2D eigenvalue weighted by atomic mass is 32.2. The average Bonchev–Trinajstić information content (AvgIpc) is 3.30. The third-order valence-corrected chi connectivity index (χ3v) is 4.77. The Bertz CT molecular complexity index is 1080. The molecule has 25 heavy (non-hydrogen) atoms. The lowest BCUT2D eigenvalue weighted by molar-refractivity contribution is 0.953. The van der Waals surface area contributed by atoms with Crippen molar-refractivity contribution in [2.45, 2.75) is 10.6 Å². The Morgan fingerprint density at radius 1 is 1.36 bits per heavy atom. The molecule has 0 aliphatic rings. The fourth-order valence-corrected chi connectivity index (χ4v) is 3.65. The molecule has 0 unspecified atom stereocenters. The number of hydrogen-bond acceptors (Lipinski definition) is 7. The van der Waals surface area contributed by atoms with Crippen LogP contribution in [-0.4, -0.2) is 29.9 Å². The maximum atomic E-state index is 9.48. The van der Waals surface area contributed by atoms with Gasteiger partial charge in [0.1, 0.15) is 11.3 Å². The van der Waals surface area contributed by atoms with Crippen LogP contribution in [0.5, 0.6) is 0 Å². The first kappa shape index (κ1) is 15.2. The SMILES string of the molecule is N#Cc1cccc(-n2ccnc2)c1CSc1cc(N)nc2[nH]nnc12. The molecule has 0 saturated carbocycles. The Kier molecular flexibility index (Phi) is 3.80. The Balaban J connectivity index is 1.73. The number of nitrogens with two attached hydrogens (primary N) is 1. The van der Waals surface area contributed by atoms with Crippen LogP contribution in [0, 0.1) is 11.3 Å². The summed E-state index contributed by atoms with van der Waals surface area (Å²) in [6.45, 7) is 0. The van der Waals surface area contributed by atoms with Crippen molar-refractivity contribution in [1.29, 1.82) is 5.26 Å². The first-order valence-electron chi connectivity index (χ1n) is 7.36. The van der Waals surface area contributed by atoms with Crippen molar-refractivity contribution in [3.05, 3.63) is 54.1 Å². The highest BCUT2D eigenvalue weighted by molar-refractivity contribution is 7.98. The summed E-state index contributed by atoms with van der Waals surface area (Å²) < 4.78 is 1.89. The van der Waals surface area contributed by atoms with Crippen LogP contribution in [0.3, 0.4) is 0 Å². The number of nitrogens with zero attached hydrogens (tertiary/aromatic N) is 6. The number of thioether (sulfide) groups is 1. The Morgan fingerprint density at radius 2 is 2.28 bits per heavy atom. The van der Waals surface area contributed by atoms with Gasteiger partial charge in [-0.05, 0) is 18.2 Å². The zero-order valence-electron chi connectivity index (χ0n) is 12.9. The fraction of sp³-hybridized carbons (Fsp3) is 0.0625. The molecule has 0 fully saturated rings. The lowest BCUT2D eigenvalue weighted by Gasteiger charge is -2.12. The number of hydrogen-bond donors (Lipinski definition) is 2. The van der Waals surface area contributed by atoms with Crippen molar-refractivity contribution in [2.24, 2.45) is 0 Å². The number of pyridine rings is 1. The van der Waals surface area contributed by atoms with Gasteiger partial charge in [0.25, 0.3) is 0 Å². The highest BCUT2D eigenvalue weighted by Gasteiger charge is 2.13. The van der Waals surface area contributed by atoms with Crippen LogP contribution >= 0.6 is 11.8 Å². The minimum absolute atomic E-state index is 0.393. The highest BCUT2D eigenvalue weighted by Crippen LogP contribution is 2.32. The van der Waals surface area contributed by atoms with Crippen molar-refractivity contribution in [3.63, 3.8) is 0 Å². The number of H-pyrrole nitrogens is 1. The summed E-state index contributed by atoms with van der Waals surface area (Å²) in [5, 5.41) is 20.0. The number of anilines is 1. The van der Waals surface area contributed by atoms with Crippen molar-refractivity contribution in [1.82, 2.24) is 29.9 Å². The van der Waals surface area contributed by atoms with Gasteiger partial charge >= 0.3 is 0 Å². The summed E-state index contributed by atoms with van der Waals surface area (Å²) >= 11 is 1.54. The van der Waals surface area contributed by atoms with Gasteiger partial charge < -0.3 is 10.3 Å². The van der Waals surface area contributed by atoms with Gasteiger partial charge in [0, 0.05) is 28.6 Å². The van der Waals surface area contributed by atoms with E-state index in [4.69, 9.17) is 5.73 Å². The number of nitrogens with one attached hydrogen (secondary N) is 1. The average molecular weight is 348 g/mol. The van der Waals surface area contributed by atoms with E-state index in [2.05, 4.69) is 31.4 Å². The van der Waals surface area contributed by atoms with Gasteiger partial charge in [-0.2, -0.15) is 5.26 Å². The molecule has 3 N–H and O–H groups in total. The Labute approximate surface area is 146 Å². The second-order valence-electron chi connectivity index (χ2n) is 5.23. The summed E-state index contributed by atoms with van der Waals surface area (Å²) in [4.78, 5) is 9.11. The molecule has 4 rings (SSSR count). The molecule has 0 spiro atoms. The molecule has 0 atom stereocenters. The van der Waals surface area contributed by atoms with Gasteiger partial charge in [0.2, 0.25) is 0 Å². The van der Waals surface area contributed by atoms with Gasteiger partial charge in [0.15, 0.2) is 5.65 Å². The maximum absolute atomic E-state index is 9.48. The summed E-state index contributed by atoms with van der Waals surface area (Å²) in [5.74, 6) is 0.965. The van der Waals surface area contributed by atoms with E-state index < -0.39 is 0 Å². The summed E-state index contributed by atoms with van der Waals surface area (Å²) in [7, 11) is 0. The largest absolute Gasteiger partial charge is 0.384 e. The number of benzene rings is 1. The van der Waals surface area contributed by atoms with E-state index in [0.29, 0.717) is 28.3 Å². The van der Waals surface area contributed by atoms with Gasteiger partial charge in [0.05, 0.1) is 23.6 Å². The number of aromatic nitrogens is 6. The molecule has 122 valence electrons. The van der Waals surface area contributed by atoms with Crippen LogP contribution in [0.25, 0.3) is 16.9 Å². The number of nitrogen functional groups attached to an aromatic ring is 1. The molecular formula is C16H12N8S. The van der Waals surface area contributed by atoms with Gasteiger partial charge in [-0.25, -0.2) is 15.1 Å². The van der Waals surface area contributed by atoms with Gasteiger partial charge in [-0.1, -0.05) is 11.3 Å². The summed E-state index contributed by atoms with van der Waals surface area (Å²) in [6.07, 6.45) is 5.27. The predicted molar refractivity (Wildman–Crippen MR) is 93.9 cm³/mol. The molecule has 0 saturated heterocycles. The molecule has 1 aromatic carbocycles. The van der Waals surface area contributed by atoms with Crippen LogP contribution in [0.2, 0.25) is 0 Å². The smallest absolute Gasteiger partial charge is 0.179 e. The normalized spacial score (nSPS) is 10.8. The van der Waals surface area contributed by atoms with Crippen molar-refractivity contribution < 1.29 is 0 Å². The van der Waals surface area contributed by atoms with E-state index in [0.717, 1.165) is 16.1 Å². The van der Waals surface area contributed by atoms with E-state index in [1.807, 2.05) is 29.0 Å². The molecule has 0 radical (unpaired) electrons. The third kappa shape index (κ3) is 2.79. The standard InChI is InChI=1S/C16H12N8S/c17-7-10-2-1-3-12(24-5-4-19-9-24)11(10)8-25-13-6-14(18)20-16-15(13)21-23-22-16/h1-6,9H,8H2,(H3,18,20,21,22,23). The predicted octanol–water partition coefficient (Wildman–Crippen LogP) is 2.28.